The number of rotatable bonds is 6. The molecule has 3 heterocycles. The van der Waals surface area contributed by atoms with E-state index in [1.54, 1.807) is 23.7 Å². The Kier molecular flexibility index (Phi) is 6.05. The lowest BCUT2D eigenvalue weighted by Crippen LogP contribution is -2.49. The van der Waals surface area contributed by atoms with Crippen molar-refractivity contribution in [3.8, 4) is 16.3 Å². The van der Waals surface area contributed by atoms with Gasteiger partial charge in [0.05, 0.1) is 24.4 Å². The molecule has 1 aliphatic rings. The van der Waals surface area contributed by atoms with Crippen LogP contribution in [0.2, 0.25) is 0 Å². The summed E-state index contributed by atoms with van der Waals surface area (Å²) in [4.78, 5) is 25.7. The number of nitrogens with zero attached hydrogens (tertiary/aromatic N) is 4. The fraction of sp³-hybridized carbons (Fsp3) is 0.318. The Balaban J connectivity index is 1.35. The highest BCUT2D eigenvalue weighted by Gasteiger charge is 2.23. The van der Waals surface area contributed by atoms with Gasteiger partial charge in [-0.25, -0.2) is 4.98 Å². The highest BCUT2D eigenvalue weighted by molar-refractivity contribution is 7.13. The van der Waals surface area contributed by atoms with Crippen molar-refractivity contribution in [3.63, 3.8) is 0 Å². The van der Waals surface area contributed by atoms with E-state index in [0.29, 0.717) is 26.1 Å². The first-order valence-electron chi connectivity index (χ1n) is 9.84. The predicted octanol–water partition coefficient (Wildman–Crippen LogP) is 3.50. The van der Waals surface area contributed by atoms with Crippen molar-refractivity contribution in [3.05, 3.63) is 59.9 Å². The van der Waals surface area contributed by atoms with Crippen LogP contribution in [0, 0.1) is 0 Å². The van der Waals surface area contributed by atoms with E-state index in [4.69, 9.17) is 4.74 Å². The van der Waals surface area contributed by atoms with Gasteiger partial charge in [0.2, 0.25) is 5.91 Å². The molecular formula is C22H24N4O2S. The highest BCUT2D eigenvalue weighted by atomic mass is 32.1. The maximum absolute atomic E-state index is 12.8. The van der Waals surface area contributed by atoms with Gasteiger partial charge in [-0.2, -0.15) is 0 Å². The number of amides is 1. The Labute approximate surface area is 174 Å². The standard InChI is InChI=1S/C22H24N4O2S/c1-2-28-20-8-4-3-7-19(20)25-10-12-26(13-11-25)21(27)14-18-16-29-22(24-18)17-6-5-9-23-15-17/h3-9,15-16H,2,10-14H2,1H3. The number of pyridine rings is 1. The molecule has 1 fully saturated rings. The molecule has 1 aromatic carbocycles. The van der Waals surface area contributed by atoms with Crippen LogP contribution in [0.4, 0.5) is 5.69 Å². The summed E-state index contributed by atoms with van der Waals surface area (Å²) >= 11 is 1.55. The summed E-state index contributed by atoms with van der Waals surface area (Å²) in [5.74, 6) is 1.03. The van der Waals surface area contributed by atoms with Gasteiger partial charge < -0.3 is 14.5 Å². The summed E-state index contributed by atoms with van der Waals surface area (Å²) in [7, 11) is 0. The zero-order valence-electron chi connectivity index (χ0n) is 16.5. The number of aromatic nitrogens is 2. The molecule has 0 spiro atoms. The number of carbonyl (C=O) groups excluding carboxylic acids is 1. The van der Waals surface area contributed by atoms with E-state index in [0.717, 1.165) is 40.8 Å². The van der Waals surface area contributed by atoms with Crippen molar-refractivity contribution >= 4 is 22.9 Å². The van der Waals surface area contributed by atoms with Gasteiger partial charge in [-0.05, 0) is 31.2 Å². The minimum atomic E-state index is 0.130. The van der Waals surface area contributed by atoms with Gasteiger partial charge in [0.25, 0.3) is 0 Å². The van der Waals surface area contributed by atoms with E-state index in [-0.39, 0.29) is 5.91 Å². The summed E-state index contributed by atoms with van der Waals surface area (Å²) in [6.07, 6.45) is 3.88. The predicted molar refractivity (Wildman–Crippen MR) is 115 cm³/mol. The lowest BCUT2D eigenvalue weighted by Gasteiger charge is -2.36. The largest absolute Gasteiger partial charge is 0.492 e. The lowest BCUT2D eigenvalue weighted by atomic mass is 10.2. The summed E-state index contributed by atoms with van der Waals surface area (Å²) in [6.45, 7) is 5.65. The van der Waals surface area contributed by atoms with Crippen LogP contribution in [0.3, 0.4) is 0 Å². The molecular weight excluding hydrogens is 384 g/mol. The Morgan fingerprint density at radius 1 is 1.14 bits per heavy atom. The van der Waals surface area contributed by atoms with Crippen molar-refractivity contribution in [1.29, 1.82) is 0 Å². The Hall–Kier alpha value is -2.93. The topological polar surface area (TPSA) is 58.6 Å². The molecule has 0 aliphatic carbocycles. The van der Waals surface area contributed by atoms with Crippen molar-refractivity contribution in [2.75, 3.05) is 37.7 Å². The minimum Gasteiger partial charge on any atom is -0.492 e. The van der Waals surface area contributed by atoms with Gasteiger partial charge in [-0.3, -0.25) is 9.78 Å². The van der Waals surface area contributed by atoms with Gasteiger partial charge >= 0.3 is 0 Å². The van der Waals surface area contributed by atoms with Crippen LogP contribution in [0.15, 0.2) is 54.2 Å². The van der Waals surface area contributed by atoms with Gasteiger partial charge in [0.1, 0.15) is 10.8 Å². The third kappa shape index (κ3) is 4.56. The van der Waals surface area contributed by atoms with Crippen molar-refractivity contribution in [2.45, 2.75) is 13.3 Å². The number of anilines is 1. The zero-order valence-corrected chi connectivity index (χ0v) is 17.3. The fourth-order valence-corrected chi connectivity index (χ4v) is 4.28. The molecule has 1 saturated heterocycles. The van der Waals surface area contributed by atoms with Crippen molar-refractivity contribution in [1.82, 2.24) is 14.9 Å². The Bertz CT molecular complexity index is 952. The number of ether oxygens (including phenoxy) is 1. The summed E-state index contributed by atoms with van der Waals surface area (Å²) in [5.41, 5.74) is 2.91. The molecule has 1 aliphatic heterocycles. The summed E-state index contributed by atoms with van der Waals surface area (Å²) in [5, 5.41) is 2.87. The molecule has 0 radical (unpaired) electrons. The molecule has 0 atom stereocenters. The van der Waals surface area contributed by atoms with E-state index in [2.05, 4.69) is 20.9 Å². The SMILES string of the molecule is CCOc1ccccc1N1CCN(C(=O)Cc2csc(-c3cccnc3)n2)CC1. The number of carbonyl (C=O) groups is 1. The van der Waals surface area contributed by atoms with Gasteiger partial charge in [0.15, 0.2) is 0 Å². The molecule has 29 heavy (non-hydrogen) atoms. The average Bonchev–Trinajstić information content (AvgIpc) is 3.24. The van der Waals surface area contributed by atoms with E-state index in [1.807, 2.05) is 47.5 Å². The van der Waals surface area contributed by atoms with Crippen LogP contribution >= 0.6 is 11.3 Å². The summed E-state index contributed by atoms with van der Waals surface area (Å²) in [6, 6.07) is 12.0. The number of thiazole rings is 1. The van der Waals surface area contributed by atoms with Gasteiger partial charge in [0, 0.05) is 49.5 Å². The number of piperazine rings is 1. The molecule has 0 saturated carbocycles. The second-order valence-electron chi connectivity index (χ2n) is 6.83. The van der Waals surface area contributed by atoms with Gasteiger partial charge in [-0.1, -0.05) is 12.1 Å². The second-order valence-corrected chi connectivity index (χ2v) is 7.69. The summed E-state index contributed by atoms with van der Waals surface area (Å²) < 4.78 is 5.75. The third-order valence-electron chi connectivity index (χ3n) is 4.93. The Morgan fingerprint density at radius 2 is 1.97 bits per heavy atom. The normalized spacial score (nSPS) is 14.1. The number of benzene rings is 1. The van der Waals surface area contributed by atoms with Gasteiger partial charge in [-0.15, -0.1) is 11.3 Å². The minimum absolute atomic E-state index is 0.130. The van der Waals surface area contributed by atoms with Crippen LogP contribution in [-0.4, -0.2) is 53.6 Å². The van der Waals surface area contributed by atoms with Crippen molar-refractivity contribution in [2.24, 2.45) is 0 Å². The maximum atomic E-state index is 12.8. The Morgan fingerprint density at radius 3 is 2.72 bits per heavy atom. The van der Waals surface area contributed by atoms with E-state index in [9.17, 15) is 4.79 Å². The van der Waals surface area contributed by atoms with E-state index < -0.39 is 0 Å². The molecule has 0 bridgehead atoms. The van der Waals surface area contributed by atoms with Crippen molar-refractivity contribution < 1.29 is 9.53 Å². The van der Waals surface area contributed by atoms with Crippen LogP contribution in [0.25, 0.3) is 10.6 Å². The quantitative estimate of drug-likeness (QED) is 0.625. The first-order valence-corrected chi connectivity index (χ1v) is 10.7. The molecule has 7 heteroatoms. The smallest absolute Gasteiger partial charge is 0.228 e. The molecule has 1 amide bonds. The molecule has 0 unspecified atom stereocenters. The van der Waals surface area contributed by atoms with E-state index in [1.165, 1.54) is 0 Å². The number of hydrogen-bond acceptors (Lipinski definition) is 6. The molecule has 3 aromatic rings. The monoisotopic (exact) mass is 408 g/mol. The molecule has 150 valence electrons. The molecule has 6 nitrogen and oxygen atoms in total. The lowest BCUT2D eigenvalue weighted by molar-refractivity contribution is -0.130. The first-order chi connectivity index (χ1) is 14.2. The molecule has 4 rings (SSSR count). The first kappa shape index (κ1) is 19.4. The molecule has 2 aromatic heterocycles. The second kappa shape index (κ2) is 9.05. The van der Waals surface area contributed by atoms with Crippen LogP contribution in [0.5, 0.6) is 5.75 Å². The number of hydrogen-bond donors (Lipinski definition) is 0. The fourth-order valence-electron chi connectivity index (χ4n) is 3.47. The number of para-hydroxylation sites is 2. The van der Waals surface area contributed by atoms with Crippen LogP contribution in [-0.2, 0) is 11.2 Å². The maximum Gasteiger partial charge on any atom is 0.228 e. The molecule has 0 N–H and O–H groups in total. The van der Waals surface area contributed by atoms with E-state index >= 15 is 0 Å². The van der Waals surface area contributed by atoms with Crippen LogP contribution < -0.4 is 9.64 Å². The average molecular weight is 409 g/mol. The third-order valence-corrected chi connectivity index (χ3v) is 5.87. The van der Waals surface area contributed by atoms with Crippen LogP contribution in [0.1, 0.15) is 12.6 Å². The highest BCUT2D eigenvalue weighted by Crippen LogP contribution is 2.29. The zero-order chi connectivity index (χ0) is 20.1.